The molecular formula is C28H23LiN4O4. The van der Waals surface area contributed by atoms with Crippen LogP contribution in [0.5, 0.6) is 0 Å². The van der Waals surface area contributed by atoms with Gasteiger partial charge in [-0.05, 0) is 42.3 Å². The molecule has 0 saturated heterocycles. The van der Waals surface area contributed by atoms with Gasteiger partial charge in [-0.2, -0.15) is 0 Å². The summed E-state index contributed by atoms with van der Waals surface area (Å²) in [6.45, 7) is 0. The Labute approximate surface area is 225 Å². The van der Waals surface area contributed by atoms with Gasteiger partial charge in [0.2, 0.25) is 0 Å². The maximum absolute atomic E-state index is 12.3. The van der Waals surface area contributed by atoms with E-state index in [0.29, 0.717) is 33.5 Å². The van der Waals surface area contributed by atoms with E-state index in [1.165, 1.54) is 0 Å². The molecule has 37 heavy (non-hydrogen) atoms. The van der Waals surface area contributed by atoms with E-state index in [1.54, 1.807) is 36.0 Å². The van der Waals surface area contributed by atoms with Crippen LogP contribution in [0.25, 0.3) is 33.3 Å². The predicted molar refractivity (Wildman–Crippen MR) is 134 cm³/mol. The number of pyridine rings is 1. The van der Waals surface area contributed by atoms with Crippen molar-refractivity contribution in [1.29, 1.82) is 0 Å². The fraction of sp³-hybridized carbons (Fsp3) is 0.143. The molecule has 0 aliphatic carbocycles. The number of aromatic nitrogens is 3. The fourth-order valence-corrected chi connectivity index (χ4v) is 4.55. The third-order valence-electron chi connectivity index (χ3n) is 6.28. The fourth-order valence-electron chi connectivity index (χ4n) is 4.55. The van der Waals surface area contributed by atoms with E-state index < -0.39 is 18.1 Å². The molecule has 0 radical (unpaired) electrons. The molecule has 5 aromatic rings. The summed E-state index contributed by atoms with van der Waals surface area (Å²) in [5.41, 5.74) is 3.68. The number of carboxylic acid groups (broad SMARTS) is 1. The normalized spacial score (nSPS) is 12.6. The van der Waals surface area contributed by atoms with Crippen LogP contribution in [-0.2, 0) is 11.2 Å². The van der Waals surface area contributed by atoms with Gasteiger partial charge in [-0.25, -0.2) is 4.98 Å². The number of fused-ring (bicyclic) bond motifs is 2. The van der Waals surface area contributed by atoms with Crippen molar-refractivity contribution in [2.24, 2.45) is 0 Å². The van der Waals surface area contributed by atoms with E-state index in [0.717, 1.165) is 10.9 Å². The maximum Gasteiger partial charge on any atom is 1.00 e. The van der Waals surface area contributed by atoms with Crippen LogP contribution in [0.2, 0.25) is 0 Å². The van der Waals surface area contributed by atoms with Crippen molar-refractivity contribution in [3.63, 3.8) is 0 Å². The molecule has 2 atom stereocenters. The zero-order valence-corrected chi connectivity index (χ0v) is 20.5. The molecule has 2 heterocycles. The first-order valence-electron chi connectivity index (χ1n) is 11.5. The van der Waals surface area contributed by atoms with Gasteiger partial charge in [-0.3, -0.25) is 9.78 Å². The predicted octanol–water partition coefficient (Wildman–Crippen LogP) is -0.490. The molecule has 1 amide bonds. The number of amides is 1. The summed E-state index contributed by atoms with van der Waals surface area (Å²) in [7, 11) is 1.55. The van der Waals surface area contributed by atoms with Crippen molar-refractivity contribution in [1.82, 2.24) is 19.9 Å². The van der Waals surface area contributed by atoms with Crippen molar-refractivity contribution >= 4 is 33.8 Å². The minimum Gasteiger partial charge on any atom is -0.547 e. The Morgan fingerprint density at radius 3 is 2.51 bits per heavy atom. The van der Waals surface area contributed by atoms with Gasteiger partial charge >= 0.3 is 18.9 Å². The molecule has 0 saturated carbocycles. The Hall–Kier alpha value is -3.96. The number of aliphatic hydroxyl groups excluding tert-OH is 1. The quantitative estimate of drug-likeness (QED) is 0.300. The van der Waals surface area contributed by atoms with Crippen molar-refractivity contribution in [2.45, 2.75) is 18.6 Å². The molecule has 0 unspecified atom stereocenters. The number of aliphatic hydroxyl groups is 1. The Morgan fingerprint density at radius 1 is 1.03 bits per heavy atom. The number of benzene rings is 3. The largest absolute Gasteiger partial charge is 1.00 e. The number of nitrogens with zero attached hydrogens (tertiary/aromatic N) is 3. The molecule has 5 rings (SSSR count). The number of imidazole rings is 1. The SMILES string of the molecule is CNC(=O)c1ccc2c(c1)nc(-c1cccc3cccnc13)n2[C@H](Cc1ccccc1)[C@H](O)C(=O)[O-].[Li+]. The third kappa shape index (κ3) is 5.00. The van der Waals surface area contributed by atoms with Crippen molar-refractivity contribution < 1.29 is 38.7 Å². The summed E-state index contributed by atoms with van der Waals surface area (Å²) in [6.07, 6.45) is 0.0759. The van der Waals surface area contributed by atoms with E-state index in [2.05, 4.69) is 10.3 Å². The Kier molecular flexibility index (Phi) is 7.74. The molecule has 8 nitrogen and oxygen atoms in total. The first-order valence-corrected chi connectivity index (χ1v) is 11.5. The molecular weight excluding hydrogens is 463 g/mol. The van der Waals surface area contributed by atoms with Gasteiger partial charge in [0.05, 0.1) is 28.6 Å². The topological polar surface area (TPSA) is 120 Å². The number of carbonyl (C=O) groups is 2. The minimum atomic E-state index is -1.82. The van der Waals surface area contributed by atoms with E-state index in [1.807, 2.05) is 60.7 Å². The van der Waals surface area contributed by atoms with Crippen LogP contribution < -0.4 is 29.3 Å². The number of hydrogen-bond acceptors (Lipinski definition) is 6. The average Bonchev–Trinajstić information content (AvgIpc) is 3.29. The van der Waals surface area contributed by atoms with Gasteiger partial charge in [0.1, 0.15) is 11.9 Å². The van der Waals surface area contributed by atoms with E-state index in [-0.39, 0.29) is 31.2 Å². The molecule has 9 heteroatoms. The van der Waals surface area contributed by atoms with Crippen LogP contribution in [0, 0.1) is 0 Å². The monoisotopic (exact) mass is 486 g/mol. The smallest absolute Gasteiger partial charge is 0.547 e. The molecule has 0 bridgehead atoms. The maximum atomic E-state index is 12.3. The summed E-state index contributed by atoms with van der Waals surface area (Å²) in [5, 5.41) is 26.3. The molecule has 0 fully saturated rings. The van der Waals surface area contributed by atoms with Crippen molar-refractivity contribution in [2.75, 3.05) is 7.05 Å². The molecule has 180 valence electrons. The second kappa shape index (κ2) is 11.0. The minimum absolute atomic E-state index is 0. The Balaban J connectivity index is 0.00000320. The number of carboxylic acids is 1. The van der Waals surface area contributed by atoms with Crippen LogP contribution in [0.1, 0.15) is 22.0 Å². The number of carbonyl (C=O) groups excluding carboxylic acids is 2. The van der Waals surface area contributed by atoms with Gasteiger partial charge in [0.25, 0.3) is 5.91 Å². The number of rotatable bonds is 7. The number of aliphatic carboxylic acids is 1. The molecule has 0 aliphatic heterocycles. The summed E-state index contributed by atoms with van der Waals surface area (Å²) in [6, 6.07) is 22.8. The zero-order valence-electron chi connectivity index (χ0n) is 20.5. The summed E-state index contributed by atoms with van der Waals surface area (Å²) < 4.78 is 1.72. The first-order chi connectivity index (χ1) is 17.5. The summed E-state index contributed by atoms with van der Waals surface area (Å²) in [5.74, 6) is -1.42. The number of para-hydroxylation sites is 1. The van der Waals surface area contributed by atoms with Gasteiger partial charge in [0.15, 0.2) is 0 Å². The zero-order chi connectivity index (χ0) is 25.2. The summed E-state index contributed by atoms with van der Waals surface area (Å²) in [4.78, 5) is 33.6. The van der Waals surface area contributed by atoms with E-state index in [4.69, 9.17) is 4.98 Å². The van der Waals surface area contributed by atoms with Gasteiger partial charge in [0, 0.05) is 29.8 Å². The van der Waals surface area contributed by atoms with Gasteiger partial charge in [-0.1, -0.05) is 48.5 Å². The molecule has 0 spiro atoms. The van der Waals surface area contributed by atoms with E-state index >= 15 is 0 Å². The molecule has 3 aromatic carbocycles. The van der Waals surface area contributed by atoms with Crippen LogP contribution in [0.3, 0.4) is 0 Å². The third-order valence-corrected chi connectivity index (χ3v) is 6.28. The van der Waals surface area contributed by atoms with Crippen LogP contribution >= 0.6 is 0 Å². The van der Waals surface area contributed by atoms with Crippen LogP contribution in [0.15, 0.2) is 85.1 Å². The molecule has 2 aromatic heterocycles. The van der Waals surface area contributed by atoms with Gasteiger partial charge in [-0.15, -0.1) is 0 Å². The van der Waals surface area contributed by atoms with Crippen molar-refractivity contribution in [3.8, 4) is 11.4 Å². The Morgan fingerprint density at radius 2 is 1.78 bits per heavy atom. The summed E-state index contributed by atoms with van der Waals surface area (Å²) >= 11 is 0. The van der Waals surface area contributed by atoms with Crippen LogP contribution in [-0.4, -0.2) is 44.7 Å². The Bertz CT molecular complexity index is 1580. The number of hydrogen-bond donors (Lipinski definition) is 2. The number of nitrogens with one attached hydrogen (secondary N) is 1. The molecule has 2 N–H and O–H groups in total. The second-order valence-corrected chi connectivity index (χ2v) is 8.49. The van der Waals surface area contributed by atoms with Crippen molar-refractivity contribution in [3.05, 3.63) is 96.2 Å². The second-order valence-electron chi connectivity index (χ2n) is 8.49. The van der Waals surface area contributed by atoms with Crippen LogP contribution in [0.4, 0.5) is 0 Å². The van der Waals surface area contributed by atoms with Gasteiger partial charge < -0.3 is 24.9 Å². The first kappa shape index (κ1) is 26.1. The average molecular weight is 486 g/mol. The molecule has 0 aliphatic rings. The van der Waals surface area contributed by atoms with E-state index in [9.17, 15) is 19.8 Å². The standard InChI is InChI=1S/C28H24N4O4.Li/c1-29-27(34)19-12-13-22-21(16-19)31-26(20-11-5-9-18-10-6-14-30-24(18)20)32(22)23(25(33)28(35)36)15-17-7-3-2-4-8-17;/h2-14,16,23,25,33H,15H2,1H3,(H,29,34)(H,35,36);/q;+1/p-1/t23-,25+;/m1./s1.